The molecule has 0 aromatic heterocycles. The van der Waals surface area contributed by atoms with Crippen molar-refractivity contribution >= 4 is 20.5 Å². The predicted molar refractivity (Wildman–Crippen MR) is 53.4 cm³/mol. The molecule has 1 aromatic rings. The molecule has 4 nitrogen and oxygen atoms in total. The van der Waals surface area contributed by atoms with E-state index in [1.165, 1.54) is 5.56 Å². The van der Waals surface area contributed by atoms with Crippen LogP contribution in [0.2, 0.25) is 0 Å². The Labute approximate surface area is 81.9 Å². The quantitative estimate of drug-likeness (QED) is 0.425. The van der Waals surface area contributed by atoms with Gasteiger partial charge in [-0.05, 0) is 5.56 Å². The van der Waals surface area contributed by atoms with Gasteiger partial charge in [0.25, 0.3) is 0 Å². The highest BCUT2D eigenvalue weighted by Gasteiger charge is 2.00. The zero-order valence-corrected chi connectivity index (χ0v) is 8.53. The maximum atomic E-state index is 8.88. The first-order valence-electron chi connectivity index (χ1n) is 3.36. The van der Waals surface area contributed by atoms with Gasteiger partial charge in [0.2, 0.25) is 0 Å². The summed E-state index contributed by atoms with van der Waals surface area (Å²) in [7, 11) is -4.64. The summed E-state index contributed by atoms with van der Waals surface area (Å²) in [4.78, 5) is 21.6. The third kappa shape index (κ3) is 11.7. The molecule has 3 N–H and O–H groups in total. The highest BCUT2D eigenvalue weighted by atomic mass is 32.1. The maximum Gasteiger partial charge on any atom is 0.466 e. The van der Waals surface area contributed by atoms with Crippen LogP contribution in [0.25, 0.3) is 0 Å². The lowest BCUT2D eigenvalue weighted by Gasteiger charge is -1.89. The summed E-state index contributed by atoms with van der Waals surface area (Å²) in [6.07, 6.45) is 0. The fourth-order valence-electron chi connectivity index (χ4n) is 0.583. The molecule has 0 radical (unpaired) electrons. The van der Waals surface area contributed by atoms with Crippen LogP contribution in [0.3, 0.4) is 0 Å². The van der Waals surface area contributed by atoms with Gasteiger partial charge in [0.1, 0.15) is 0 Å². The second kappa shape index (κ2) is 6.18. The average molecular weight is 222 g/mol. The first-order chi connectivity index (χ1) is 5.93. The van der Waals surface area contributed by atoms with Gasteiger partial charge in [-0.15, -0.1) is 0 Å². The summed E-state index contributed by atoms with van der Waals surface area (Å²) in [6.45, 7) is 0. The van der Waals surface area contributed by atoms with Gasteiger partial charge in [0.05, 0.1) is 0 Å². The van der Waals surface area contributed by atoms with Gasteiger partial charge in [-0.2, -0.15) is 12.6 Å². The molecule has 0 saturated heterocycles. The molecular formula is C7H11O4PS. The van der Waals surface area contributed by atoms with Crippen LogP contribution in [0.4, 0.5) is 0 Å². The molecule has 0 unspecified atom stereocenters. The van der Waals surface area contributed by atoms with Crippen LogP contribution >= 0.6 is 20.5 Å². The molecule has 0 aliphatic rings. The molecule has 0 amide bonds. The third-order valence-corrected chi connectivity index (χ3v) is 1.39. The Bertz CT molecular complexity index is 263. The van der Waals surface area contributed by atoms with Crippen molar-refractivity contribution in [1.82, 2.24) is 0 Å². The zero-order chi connectivity index (χ0) is 10.3. The van der Waals surface area contributed by atoms with E-state index in [4.69, 9.17) is 19.2 Å². The maximum absolute atomic E-state index is 8.88. The van der Waals surface area contributed by atoms with Gasteiger partial charge in [0, 0.05) is 5.75 Å². The van der Waals surface area contributed by atoms with E-state index in [1.807, 2.05) is 18.2 Å². The zero-order valence-electron chi connectivity index (χ0n) is 6.74. The molecule has 74 valence electrons. The van der Waals surface area contributed by atoms with E-state index in [9.17, 15) is 0 Å². The lowest BCUT2D eigenvalue weighted by molar-refractivity contribution is 0.275. The topological polar surface area (TPSA) is 77.8 Å². The van der Waals surface area contributed by atoms with Crippen molar-refractivity contribution in [2.75, 3.05) is 0 Å². The number of phosphoric acid groups is 1. The Morgan fingerprint density at radius 2 is 1.54 bits per heavy atom. The number of thiol groups is 1. The average Bonchev–Trinajstić information content (AvgIpc) is 2.03. The Balaban J connectivity index is 0.000000252. The van der Waals surface area contributed by atoms with Crippen molar-refractivity contribution in [3.63, 3.8) is 0 Å². The molecule has 0 heterocycles. The number of benzene rings is 1. The summed E-state index contributed by atoms with van der Waals surface area (Å²) in [5, 5.41) is 0. The highest BCUT2D eigenvalue weighted by Crippen LogP contribution is 2.25. The van der Waals surface area contributed by atoms with Gasteiger partial charge in [-0.3, -0.25) is 0 Å². The minimum absolute atomic E-state index is 0.834. The first-order valence-corrected chi connectivity index (χ1v) is 5.56. The molecule has 6 heteroatoms. The van der Waals surface area contributed by atoms with Crippen molar-refractivity contribution in [2.45, 2.75) is 5.75 Å². The molecule has 1 aromatic carbocycles. The van der Waals surface area contributed by atoms with E-state index in [1.54, 1.807) is 0 Å². The fraction of sp³-hybridized carbons (Fsp3) is 0.143. The SMILES string of the molecule is O=P(O)(O)O.SCc1ccccc1. The molecule has 0 bridgehead atoms. The molecule has 0 saturated carbocycles. The van der Waals surface area contributed by atoms with Gasteiger partial charge < -0.3 is 14.7 Å². The summed E-state index contributed by atoms with van der Waals surface area (Å²) < 4.78 is 8.88. The Morgan fingerprint density at radius 3 is 1.77 bits per heavy atom. The Morgan fingerprint density at radius 1 is 1.15 bits per heavy atom. The molecule has 13 heavy (non-hydrogen) atoms. The van der Waals surface area contributed by atoms with Crippen molar-refractivity contribution in [2.24, 2.45) is 0 Å². The molecular weight excluding hydrogens is 211 g/mol. The number of hydrogen-bond acceptors (Lipinski definition) is 2. The first kappa shape index (κ1) is 12.7. The minimum atomic E-state index is -4.64. The normalized spacial score (nSPS) is 10.2. The van der Waals surface area contributed by atoms with E-state index >= 15 is 0 Å². The molecule has 0 fully saturated rings. The minimum Gasteiger partial charge on any atom is -0.303 e. The van der Waals surface area contributed by atoms with Crippen LogP contribution in [0.5, 0.6) is 0 Å². The monoisotopic (exact) mass is 222 g/mol. The van der Waals surface area contributed by atoms with Crippen LogP contribution in [0, 0.1) is 0 Å². The van der Waals surface area contributed by atoms with Crippen molar-refractivity contribution in [3.8, 4) is 0 Å². The smallest absolute Gasteiger partial charge is 0.303 e. The third-order valence-electron chi connectivity index (χ3n) is 1.03. The van der Waals surface area contributed by atoms with Crippen LogP contribution in [0.15, 0.2) is 30.3 Å². The van der Waals surface area contributed by atoms with Crippen LogP contribution < -0.4 is 0 Å². The van der Waals surface area contributed by atoms with E-state index in [0.717, 1.165) is 5.75 Å². The predicted octanol–water partition coefficient (Wildman–Crippen LogP) is 1.19. The molecule has 0 aliphatic carbocycles. The van der Waals surface area contributed by atoms with Gasteiger partial charge in [-0.25, -0.2) is 4.57 Å². The largest absolute Gasteiger partial charge is 0.466 e. The summed E-state index contributed by atoms with van der Waals surface area (Å²) in [5.41, 5.74) is 1.27. The van der Waals surface area contributed by atoms with Crippen LogP contribution in [0.1, 0.15) is 5.56 Å². The van der Waals surface area contributed by atoms with Gasteiger partial charge in [-0.1, -0.05) is 30.3 Å². The second-order valence-electron chi connectivity index (χ2n) is 2.16. The van der Waals surface area contributed by atoms with E-state index in [-0.39, 0.29) is 0 Å². The molecule has 1 rings (SSSR count). The van der Waals surface area contributed by atoms with E-state index < -0.39 is 7.82 Å². The van der Waals surface area contributed by atoms with Crippen molar-refractivity contribution in [1.29, 1.82) is 0 Å². The van der Waals surface area contributed by atoms with Crippen LogP contribution in [-0.2, 0) is 10.3 Å². The van der Waals surface area contributed by atoms with Crippen molar-refractivity contribution < 1.29 is 19.2 Å². The molecule has 0 atom stereocenters. The summed E-state index contributed by atoms with van der Waals surface area (Å²) >= 11 is 4.11. The molecule has 0 aliphatic heterocycles. The van der Waals surface area contributed by atoms with Gasteiger partial charge >= 0.3 is 7.82 Å². The summed E-state index contributed by atoms with van der Waals surface area (Å²) in [6, 6.07) is 10.2. The second-order valence-corrected chi connectivity index (χ2v) is 3.50. The lowest BCUT2D eigenvalue weighted by atomic mass is 10.2. The van der Waals surface area contributed by atoms with Gasteiger partial charge in [0.15, 0.2) is 0 Å². The van der Waals surface area contributed by atoms with Crippen LogP contribution in [-0.4, -0.2) is 14.7 Å². The Hall–Kier alpha value is -0.320. The van der Waals surface area contributed by atoms with Crippen molar-refractivity contribution in [3.05, 3.63) is 35.9 Å². The summed E-state index contributed by atoms with van der Waals surface area (Å²) in [5.74, 6) is 0.834. The Kier molecular flexibility index (Phi) is 6.03. The number of hydrogen-bond donors (Lipinski definition) is 4. The fourth-order valence-corrected chi connectivity index (χ4v) is 0.794. The standard InChI is InChI=1S/C7H8S.H3O4P/c8-6-7-4-2-1-3-5-7;1-5(2,3)4/h1-5,8H,6H2;(H3,1,2,3,4). The lowest BCUT2D eigenvalue weighted by Crippen LogP contribution is -1.71. The van der Waals surface area contributed by atoms with E-state index in [0.29, 0.717) is 0 Å². The number of rotatable bonds is 1. The highest BCUT2D eigenvalue weighted by molar-refractivity contribution is 7.79. The van der Waals surface area contributed by atoms with E-state index in [2.05, 4.69) is 24.8 Å². The molecule has 0 spiro atoms.